The van der Waals surface area contributed by atoms with Crippen LogP contribution in [0.4, 0.5) is 10.5 Å². The molecule has 4 N–H and O–H groups in total. The molecular weight excluding hydrogens is 655 g/mol. The molecule has 1 atom stereocenters. The fraction of sp³-hybridized carbons (Fsp3) is 0.368. The van der Waals surface area contributed by atoms with Crippen LogP contribution in [-0.4, -0.2) is 59.3 Å². The van der Waals surface area contributed by atoms with Crippen molar-refractivity contribution in [2.24, 2.45) is 0 Å². The Morgan fingerprint density at radius 3 is 2.04 bits per heavy atom. The van der Waals surface area contributed by atoms with Crippen LogP contribution in [-0.2, 0) is 38.1 Å². The van der Waals surface area contributed by atoms with E-state index in [-0.39, 0.29) is 48.2 Å². The van der Waals surface area contributed by atoms with Crippen LogP contribution in [0.25, 0.3) is 10.9 Å². The summed E-state index contributed by atoms with van der Waals surface area (Å²) in [5.74, 6) is -1.21. The minimum absolute atomic E-state index is 0.0668. The highest BCUT2D eigenvalue weighted by molar-refractivity contribution is 6.53. The third kappa shape index (κ3) is 10.8. The lowest BCUT2D eigenvalue weighted by molar-refractivity contribution is -0.136. The van der Waals surface area contributed by atoms with Gasteiger partial charge in [-0.2, -0.15) is 0 Å². The Balaban J connectivity index is 1.58. The summed E-state index contributed by atoms with van der Waals surface area (Å²) in [6.45, 7) is 14.1. The van der Waals surface area contributed by atoms with Crippen LogP contribution in [0.2, 0.25) is 11.6 Å². The number of aromatic amines is 1. The normalized spacial score (nSPS) is 12.5. The summed E-state index contributed by atoms with van der Waals surface area (Å²) >= 11 is 0. The van der Waals surface area contributed by atoms with Crippen LogP contribution in [0.15, 0.2) is 77.6 Å². The predicted molar refractivity (Wildman–Crippen MR) is 195 cm³/mol. The molecule has 1 aromatic heterocycles. The van der Waals surface area contributed by atoms with Gasteiger partial charge in [-0.3, -0.25) is 14.4 Å². The van der Waals surface area contributed by atoms with Gasteiger partial charge < -0.3 is 34.6 Å². The molecule has 3 aromatic carbocycles. The zero-order valence-corrected chi connectivity index (χ0v) is 30.6. The Hall–Kier alpha value is -4.94. The number of pyridine rings is 1. The number of aromatic hydroxyl groups is 1. The quantitative estimate of drug-likeness (QED) is 0.116. The largest absolute Gasteiger partial charge is 0.506 e. The molecule has 0 aliphatic carbocycles. The molecule has 4 rings (SSSR count). The van der Waals surface area contributed by atoms with Gasteiger partial charge >= 0.3 is 12.1 Å². The number of phenols is 1. The number of nitrogens with zero attached hydrogens (tertiary/aromatic N) is 1. The number of ether oxygens (including phenoxy) is 1. The second kappa shape index (κ2) is 15.7. The molecule has 0 saturated carbocycles. The summed E-state index contributed by atoms with van der Waals surface area (Å²) in [5, 5.41) is 22.9. The van der Waals surface area contributed by atoms with E-state index < -0.39 is 32.8 Å². The van der Waals surface area contributed by atoms with Gasteiger partial charge in [0.15, 0.2) is 0 Å². The summed E-state index contributed by atoms with van der Waals surface area (Å²) in [7, 11) is -1.44. The van der Waals surface area contributed by atoms with E-state index in [1.54, 1.807) is 74.2 Å². The van der Waals surface area contributed by atoms with Crippen LogP contribution >= 0.6 is 0 Å². The summed E-state index contributed by atoms with van der Waals surface area (Å²) < 4.78 is 12.6. The Labute approximate surface area is 294 Å². The number of carbonyl (C=O) groups is 3. The van der Waals surface area contributed by atoms with E-state index in [1.165, 1.54) is 12.1 Å². The lowest BCUT2D eigenvalue weighted by Crippen LogP contribution is -2.40. The summed E-state index contributed by atoms with van der Waals surface area (Å²) in [5.41, 5.74) is 2.69. The third-order valence-corrected chi connectivity index (χ3v) is 10.8. The number of carboxylic acids is 1. The van der Waals surface area contributed by atoms with Crippen LogP contribution in [0, 0.1) is 0 Å². The number of anilines is 1. The molecule has 1 radical (unpaired) electrons. The number of H-pyrrole nitrogens is 1. The summed E-state index contributed by atoms with van der Waals surface area (Å²) in [6, 6.07) is 20.4. The molecule has 0 aliphatic rings. The molecule has 0 spiro atoms. The number of aromatic nitrogens is 1. The van der Waals surface area contributed by atoms with E-state index in [1.807, 2.05) is 12.1 Å². The zero-order valence-electron chi connectivity index (χ0n) is 29.6. The number of benzene rings is 3. The second-order valence-corrected chi connectivity index (χ2v) is 17.2. The molecular formula is C38H46N3O8Si. The first kappa shape index (κ1) is 37.9. The van der Waals surface area contributed by atoms with Gasteiger partial charge in [-0.05, 0) is 78.9 Å². The monoisotopic (exact) mass is 700 g/mol. The van der Waals surface area contributed by atoms with Gasteiger partial charge in [0.25, 0.3) is 0 Å². The SMILES string of the molecule is C[Si](O[C@@H](CN(Cc1ccc(NC(=O)Cc2ccc(CC(=O)O)cc2)cc1)C(=O)OC(C)(C)C)c1ccc(O)c2[nH]c(=O)ccc12)C(C)(C)C. The number of fused-ring (bicyclic) bond motifs is 1. The van der Waals surface area contributed by atoms with Gasteiger partial charge in [-0.25, -0.2) is 4.79 Å². The van der Waals surface area contributed by atoms with E-state index in [0.717, 1.165) is 11.1 Å². The number of phenolic OH excluding ortho intramolecular Hbond substituents is 1. The average Bonchev–Trinajstić information content (AvgIpc) is 3.01. The van der Waals surface area contributed by atoms with Crippen molar-refractivity contribution in [3.05, 3.63) is 105 Å². The Kier molecular flexibility index (Phi) is 11.9. The van der Waals surface area contributed by atoms with Gasteiger partial charge in [0, 0.05) is 23.7 Å². The van der Waals surface area contributed by atoms with Gasteiger partial charge in [0.1, 0.15) is 11.4 Å². The fourth-order valence-electron chi connectivity index (χ4n) is 5.11. The molecule has 0 unspecified atom stereocenters. The number of nitrogens with one attached hydrogen (secondary N) is 2. The van der Waals surface area contributed by atoms with Crippen molar-refractivity contribution in [2.45, 2.75) is 84.2 Å². The number of carbonyl (C=O) groups excluding carboxylic acids is 2. The predicted octanol–water partition coefficient (Wildman–Crippen LogP) is 6.96. The van der Waals surface area contributed by atoms with E-state index in [4.69, 9.17) is 14.3 Å². The smallest absolute Gasteiger partial charge is 0.410 e. The van der Waals surface area contributed by atoms with Crippen molar-refractivity contribution in [2.75, 3.05) is 11.9 Å². The fourth-order valence-corrected chi connectivity index (χ4v) is 6.10. The topological polar surface area (TPSA) is 158 Å². The number of hydrogen-bond acceptors (Lipinski definition) is 7. The van der Waals surface area contributed by atoms with Crippen LogP contribution < -0.4 is 10.9 Å². The second-order valence-electron chi connectivity index (χ2n) is 14.4. The zero-order chi connectivity index (χ0) is 36.8. The van der Waals surface area contributed by atoms with Crippen LogP contribution in [0.3, 0.4) is 0 Å². The van der Waals surface area contributed by atoms with Crippen LogP contribution in [0.5, 0.6) is 5.75 Å². The Bertz CT molecular complexity index is 1880. The van der Waals surface area contributed by atoms with Crippen molar-refractivity contribution < 1.29 is 33.8 Å². The van der Waals surface area contributed by atoms with Gasteiger partial charge in [-0.1, -0.05) is 63.2 Å². The van der Waals surface area contributed by atoms with Gasteiger partial charge in [0.05, 0.1) is 31.0 Å². The molecule has 265 valence electrons. The lowest BCUT2D eigenvalue weighted by Gasteiger charge is -2.34. The standard InChI is InChI=1S/C38H46N3O8Si/c1-37(2,3)48-36(47)41(22-26-12-14-27(15-13-26)39-33(44)20-24-8-10-25(11-9-24)21-34(45)46)23-31(49-50(7)38(4,5)6)28-16-18-30(42)35-29(28)17-19-32(43)40-35/h8-19,31,42H,20-23H2,1-7H3,(H,39,44)(H,40,43)(H,45,46)/t31-/m0/s1. The maximum Gasteiger partial charge on any atom is 0.410 e. The minimum Gasteiger partial charge on any atom is -0.506 e. The first-order valence-electron chi connectivity index (χ1n) is 16.4. The Morgan fingerprint density at radius 2 is 1.46 bits per heavy atom. The molecule has 4 aromatic rings. The Morgan fingerprint density at radius 1 is 0.860 bits per heavy atom. The molecule has 12 heteroatoms. The highest BCUT2D eigenvalue weighted by atomic mass is 28.3. The molecule has 0 aliphatic heterocycles. The highest BCUT2D eigenvalue weighted by Crippen LogP contribution is 2.36. The third-order valence-electron chi connectivity index (χ3n) is 8.02. The van der Waals surface area contributed by atoms with E-state index >= 15 is 0 Å². The van der Waals surface area contributed by atoms with Crippen molar-refractivity contribution in [1.82, 2.24) is 9.88 Å². The van der Waals surface area contributed by atoms with E-state index in [9.17, 15) is 24.3 Å². The van der Waals surface area contributed by atoms with E-state index in [2.05, 4.69) is 37.6 Å². The summed E-state index contributed by atoms with van der Waals surface area (Å²) in [4.78, 5) is 53.8. The van der Waals surface area contributed by atoms with Gasteiger partial charge in [0.2, 0.25) is 20.5 Å². The maximum atomic E-state index is 13.7. The lowest BCUT2D eigenvalue weighted by atomic mass is 10.0. The first-order chi connectivity index (χ1) is 23.4. The molecule has 0 bridgehead atoms. The summed E-state index contributed by atoms with van der Waals surface area (Å²) in [6.07, 6.45) is -1.11. The van der Waals surface area contributed by atoms with Gasteiger partial charge in [-0.15, -0.1) is 0 Å². The number of hydrogen-bond donors (Lipinski definition) is 4. The van der Waals surface area contributed by atoms with Crippen LogP contribution in [0.1, 0.15) is 69.9 Å². The number of carboxylic acid groups (broad SMARTS) is 1. The minimum atomic E-state index is -1.44. The first-order valence-corrected chi connectivity index (χ1v) is 18.3. The number of aliphatic carboxylic acids is 1. The number of rotatable bonds is 12. The molecule has 50 heavy (non-hydrogen) atoms. The molecule has 1 heterocycles. The van der Waals surface area contributed by atoms with Crippen molar-refractivity contribution in [3.63, 3.8) is 0 Å². The van der Waals surface area contributed by atoms with Crippen molar-refractivity contribution >= 4 is 43.6 Å². The molecule has 0 saturated heterocycles. The molecule has 0 fully saturated rings. The van der Waals surface area contributed by atoms with Crippen molar-refractivity contribution in [1.29, 1.82) is 0 Å². The molecule has 11 nitrogen and oxygen atoms in total. The average molecular weight is 701 g/mol. The molecule has 2 amide bonds. The number of amides is 2. The highest BCUT2D eigenvalue weighted by Gasteiger charge is 2.32. The van der Waals surface area contributed by atoms with Crippen molar-refractivity contribution in [3.8, 4) is 5.75 Å². The maximum absolute atomic E-state index is 13.7. The van der Waals surface area contributed by atoms with E-state index in [0.29, 0.717) is 27.7 Å².